The van der Waals surface area contributed by atoms with Crippen molar-refractivity contribution >= 4 is 22.6 Å². The summed E-state index contributed by atoms with van der Waals surface area (Å²) in [6.07, 6.45) is 1.48. The van der Waals surface area contributed by atoms with Crippen LogP contribution >= 0.6 is 0 Å². The lowest BCUT2D eigenvalue weighted by atomic mass is 10.2. The van der Waals surface area contributed by atoms with E-state index < -0.39 is 11.8 Å². The molecule has 25 heavy (non-hydrogen) atoms. The number of carbonyl (C=O) groups is 1. The quantitative estimate of drug-likeness (QED) is 0.572. The van der Waals surface area contributed by atoms with E-state index in [9.17, 15) is 14.0 Å². The third kappa shape index (κ3) is 3.27. The molecule has 0 bridgehead atoms. The monoisotopic (exact) mass is 343 g/mol. The van der Waals surface area contributed by atoms with Crippen molar-refractivity contribution in [3.63, 3.8) is 0 Å². The Bertz CT molecular complexity index is 1020. The number of fused-ring (bicyclic) bond motifs is 1. The highest BCUT2D eigenvalue weighted by molar-refractivity contribution is 5.78. The average Bonchev–Trinajstić information content (AvgIpc) is 2.62. The van der Waals surface area contributed by atoms with E-state index in [0.29, 0.717) is 16.6 Å². The van der Waals surface area contributed by atoms with Crippen molar-refractivity contribution in [2.24, 2.45) is 0 Å². The number of carbonyl (C=O) groups excluding carboxylic acids is 1. The fourth-order valence-corrected chi connectivity index (χ4v) is 2.25. The van der Waals surface area contributed by atoms with E-state index in [2.05, 4.69) is 9.72 Å². The normalized spacial score (nSPS) is 10.6. The van der Waals surface area contributed by atoms with Crippen LogP contribution in [0.1, 0.15) is 0 Å². The summed E-state index contributed by atoms with van der Waals surface area (Å²) >= 11 is 0. The molecule has 0 atom stereocenters. The minimum Gasteiger partial charge on any atom is -0.466 e. The standard InChI is InChI=1S/C17H14FN3O4/c1-24-16(22)9-25-15-5-3-11-14(20-15)6-7-21(17(11)23)10-2-4-13(19)12(18)8-10/h2-8H,9,19H2,1H3. The molecule has 0 saturated heterocycles. The molecule has 2 aromatic heterocycles. The second-order valence-electron chi connectivity index (χ2n) is 5.14. The molecule has 0 radical (unpaired) electrons. The number of esters is 1. The summed E-state index contributed by atoms with van der Waals surface area (Å²) in [5, 5.41) is 0.324. The molecule has 0 fully saturated rings. The van der Waals surface area contributed by atoms with E-state index in [4.69, 9.17) is 10.5 Å². The van der Waals surface area contributed by atoms with Crippen LogP contribution in [0.15, 0.2) is 47.4 Å². The van der Waals surface area contributed by atoms with E-state index in [0.717, 1.165) is 0 Å². The zero-order valence-electron chi connectivity index (χ0n) is 13.2. The molecule has 0 unspecified atom stereocenters. The number of methoxy groups -OCH3 is 1. The van der Waals surface area contributed by atoms with Gasteiger partial charge in [-0.25, -0.2) is 14.2 Å². The fraction of sp³-hybridized carbons (Fsp3) is 0.118. The highest BCUT2D eigenvalue weighted by Gasteiger charge is 2.10. The SMILES string of the molecule is COC(=O)COc1ccc2c(=O)n(-c3ccc(N)c(F)c3)ccc2n1. The molecule has 0 spiro atoms. The van der Waals surface area contributed by atoms with Crippen molar-refractivity contribution in [3.8, 4) is 11.6 Å². The summed E-state index contributed by atoms with van der Waals surface area (Å²) in [5.74, 6) is -0.953. The number of rotatable bonds is 4. The molecule has 128 valence electrons. The maximum Gasteiger partial charge on any atom is 0.343 e. The number of hydrogen-bond acceptors (Lipinski definition) is 6. The zero-order valence-corrected chi connectivity index (χ0v) is 13.2. The van der Waals surface area contributed by atoms with Crippen LogP contribution in [0.25, 0.3) is 16.6 Å². The summed E-state index contributed by atoms with van der Waals surface area (Å²) in [7, 11) is 1.25. The molecule has 1 aromatic carbocycles. The number of anilines is 1. The van der Waals surface area contributed by atoms with Gasteiger partial charge in [0.05, 0.1) is 29.4 Å². The molecule has 3 rings (SSSR count). The van der Waals surface area contributed by atoms with E-state index >= 15 is 0 Å². The summed E-state index contributed by atoms with van der Waals surface area (Å²) in [6.45, 7) is -0.281. The van der Waals surface area contributed by atoms with Crippen LogP contribution in [-0.2, 0) is 9.53 Å². The van der Waals surface area contributed by atoms with Gasteiger partial charge in [0.2, 0.25) is 5.88 Å². The molecule has 0 saturated carbocycles. The Hall–Kier alpha value is -3.42. The lowest BCUT2D eigenvalue weighted by molar-refractivity contribution is -0.143. The molecule has 8 heteroatoms. The molecule has 0 aliphatic carbocycles. The number of nitrogens with zero attached hydrogens (tertiary/aromatic N) is 2. The predicted octanol–water partition coefficient (Wildman–Crippen LogP) is 1.66. The predicted molar refractivity (Wildman–Crippen MR) is 89.2 cm³/mol. The van der Waals surface area contributed by atoms with Crippen molar-refractivity contribution in [1.82, 2.24) is 9.55 Å². The number of pyridine rings is 2. The van der Waals surface area contributed by atoms with Gasteiger partial charge < -0.3 is 15.2 Å². The highest BCUT2D eigenvalue weighted by Crippen LogP contribution is 2.17. The van der Waals surface area contributed by atoms with E-state index in [1.165, 1.54) is 42.1 Å². The van der Waals surface area contributed by atoms with Gasteiger partial charge in [0, 0.05) is 18.3 Å². The van der Waals surface area contributed by atoms with Crippen LogP contribution in [-0.4, -0.2) is 29.2 Å². The summed E-state index contributed by atoms with van der Waals surface area (Å²) in [4.78, 5) is 27.9. The average molecular weight is 343 g/mol. The van der Waals surface area contributed by atoms with E-state index in [1.54, 1.807) is 12.1 Å². The van der Waals surface area contributed by atoms with E-state index in [1.807, 2.05) is 0 Å². The first-order valence-electron chi connectivity index (χ1n) is 7.27. The molecule has 7 nitrogen and oxygen atoms in total. The first-order chi connectivity index (χ1) is 12.0. The van der Waals surface area contributed by atoms with E-state index in [-0.39, 0.29) is 23.7 Å². The van der Waals surface area contributed by atoms with Crippen LogP contribution in [0.2, 0.25) is 0 Å². The maximum absolute atomic E-state index is 13.6. The van der Waals surface area contributed by atoms with Crippen LogP contribution in [0.4, 0.5) is 10.1 Å². The number of hydrogen-bond donors (Lipinski definition) is 1. The molecule has 0 amide bonds. The number of benzene rings is 1. The molecular formula is C17H14FN3O4. The van der Waals surface area contributed by atoms with Gasteiger partial charge in [0.25, 0.3) is 5.56 Å². The Morgan fingerprint density at radius 3 is 2.80 bits per heavy atom. The van der Waals surface area contributed by atoms with Crippen LogP contribution in [0, 0.1) is 5.82 Å². The molecule has 3 aromatic rings. The van der Waals surface area contributed by atoms with Gasteiger partial charge in [-0.05, 0) is 24.3 Å². The Kier molecular flexibility index (Phi) is 4.34. The number of nitrogens with two attached hydrogens (primary N) is 1. The number of ether oxygens (including phenoxy) is 2. The minimum atomic E-state index is -0.603. The zero-order chi connectivity index (χ0) is 18.0. The number of halogens is 1. The summed E-state index contributed by atoms with van der Waals surface area (Å²) in [5.41, 5.74) is 5.83. The Labute approximate surface area is 141 Å². The van der Waals surface area contributed by atoms with Crippen molar-refractivity contribution in [2.45, 2.75) is 0 Å². The Morgan fingerprint density at radius 2 is 2.08 bits per heavy atom. The second-order valence-corrected chi connectivity index (χ2v) is 5.14. The van der Waals surface area contributed by atoms with Gasteiger partial charge >= 0.3 is 5.97 Å². The minimum absolute atomic E-state index is 0.00616. The van der Waals surface area contributed by atoms with Crippen molar-refractivity contribution in [3.05, 3.63) is 58.8 Å². The van der Waals surface area contributed by atoms with Gasteiger partial charge in [0.1, 0.15) is 5.82 Å². The molecule has 0 aliphatic rings. The topological polar surface area (TPSA) is 96.4 Å². The van der Waals surface area contributed by atoms with Crippen molar-refractivity contribution < 1.29 is 18.7 Å². The Morgan fingerprint density at radius 1 is 1.28 bits per heavy atom. The fourth-order valence-electron chi connectivity index (χ4n) is 2.25. The maximum atomic E-state index is 13.6. The second kappa shape index (κ2) is 6.60. The molecule has 0 aliphatic heterocycles. The molecule has 2 N–H and O–H groups in total. The van der Waals surface area contributed by atoms with Gasteiger partial charge in [0.15, 0.2) is 6.61 Å². The molecule has 2 heterocycles. The van der Waals surface area contributed by atoms with Gasteiger partial charge in [-0.15, -0.1) is 0 Å². The first-order valence-corrected chi connectivity index (χ1v) is 7.27. The smallest absolute Gasteiger partial charge is 0.343 e. The third-order valence-electron chi connectivity index (χ3n) is 3.56. The largest absolute Gasteiger partial charge is 0.466 e. The lowest BCUT2D eigenvalue weighted by Gasteiger charge is -2.09. The number of nitrogen functional groups attached to an aromatic ring is 1. The van der Waals surface area contributed by atoms with Crippen molar-refractivity contribution in [2.75, 3.05) is 19.5 Å². The van der Waals surface area contributed by atoms with Crippen LogP contribution < -0.4 is 16.0 Å². The van der Waals surface area contributed by atoms with Crippen molar-refractivity contribution in [1.29, 1.82) is 0 Å². The van der Waals surface area contributed by atoms with Gasteiger partial charge in [-0.2, -0.15) is 0 Å². The lowest BCUT2D eigenvalue weighted by Crippen LogP contribution is -2.18. The van der Waals surface area contributed by atoms with Gasteiger partial charge in [-0.3, -0.25) is 9.36 Å². The summed E-state index contributed by atoms with van der Waals surface area (Å²) in [6, 6.07) is 8.72. The first kappa shape index (κ1) is 16.4. The highest BCUT2D eigenvalue weighted by atomic mass is 19.1. The molecular weight excluding hydrogens is 329 g/mol. The Balaban J connectivity index is 1.99. The van der Waals surface area contributed by atoms with Crippen LogP contribution in [0.3, 0.4) is 0 Å². The van der Waals surface area contributed by atoms with Crippen LogP contribution in [0.5, 0.6) is 5.88 Å². The van der Waals surface area contributed by atoms with Gasteiger partial charge in [-0.1, -0.05) is 0 Å². The summed E-state index contributed by atoms with van der Waals surface area (Å²) < 4.78 is 24.6. The number of aromatic nitrogens is 2. The third-order valence-corrected chi connectivity index (χ3v) is 3.56.